The van der Waals surface area contributed by atoms with E-state index >= 15 is 0 Å². The van der Waals surface area contributed by atoms with Gasteiger partial charge in [0, 0.05) is 6.54 Å². The number of allylic oxidation sites excluding steroid dienone is 2. The van der Waals surface area contributed by atoms with Crippen LogP contribution < -0.4 is 5.32 Å². The molecule has 2 heteroatoms. The van der Waals surface area contributed by atoms with Gasteiger partial charge in [-0.1, -0.05) is 30.9 Å². The summed E-state index contributed by atoms with van der Waals surface area (Å²) in [6, 6.07) is 0. The van der Waals surface area contributed by atoms with Gasteiger partial charge in [0.15, 0.2) is 0 Å². The molecule has 0 aromatic rings. The summed E-state index contributed by atoms with van der Waals surface area (Å²) in [5.41, 5.74) is 1.83. The van der Waals surface area contributed by atoms with E-state index in [2.05, 4.69) is 18.5 Å². The molecule has 11 heavy (non-hydrogen) atoms. The van der Waals surface area contributed by atoms with Crippen molar-refractivity contribution in [3.63, 3.8) is 0 Å². The van der Waals surface area contributed by atoms with Gasteiger partial charge in [-0.25, -0.2) is 0 Å². The lowest BCUT2D eigenvalue weighted by atomic mass is 10.2. The molecule has 0 aromatic heterocycles. The molecule has 0 bridgehead atoms. The topological polar surface area (TPSA) is 29.1 Å². The second kappa shape index (κ2) is 5.47. The predicted octanol–water partition coefficient (Wildman–Crippen LogP) is 1.42. The monoisotopic (exact) mass is 151 g/mol. The van der Waals surface area contributed by atoms with Crippen molar-refractivity contribution in [3.8, 4) is 0 Å². The normalized spacial score (nSPS) is 9.55. The highest BCUT2D eigenvalue weighted by Crippen LogP contribution is 1.95. The molecule has 0 saturated heterocycles. The minimum atomic E-state index is 0.493. The molecule has 0 rings (SSSR count). The number of carbonyl (C=O) groups is 1. The van der Waals surface area contributed by atoms with Gasteiger partial charge < -0.3 is 5.32 Å². The van der Waals surface area contributed by atoms with E-state index in [0.29, 0.717) is 13.0 Å². The Morgan fingerprint density at radius 2 is 2.09 bits per heavy atom. The van der Waals surface area contributed by atoms with E-state index in [1.54, 1.807) is 0 Å². The maximum Gasteiger partial charge on any atom is 0.207 e. The summed E-state index contributed by atoms with van der Waals surface area (Å²) in [6.07, 6.45) is 4.34. The third-order valence-corrected chi connectivity index (χ3v) is 1.02. The maximum atomic E-state index is 9.85. The number of hydrogen-bond donors (Lipinski definition) is 1. The van der Waals surface area contributed by atoms with Gasteiger partial charge >= 0.3 is 0 Å². The van der Waals surface area contributed by atoms with Crippen LogP contribution in [0.3, 0.4) is 0 Å². The molecule has 1 N–H and O–H groups in total. The lowest BCUT2D eigenvalue weighted by Crippen LogP contribution is -2.12. The predicted molar refractivity (Wildman–Crippen MR) is 47.2 cm³/mol. The number of carbonyl (C=O) groups excluding carboxylic acids is 1. The number of nitrogens with one attached hydrogen (secondary N) is 1. The molecule has 0 aliphatic rings. The Hall–Kier alpha value is -1.31. The average Bonchev–Trinajstić information content (AvgIpc) is 1.97. The van der Waals surface area contributed by atoms with Crippen LogP contribution in [0.4, 0.5) is 0 Å². The van der Waals surface area contributed by atoms with Gasteiger partial charge in [-0.05, 0) is 12.5 Å². The fourth-order valence-electron chi connectivity index (χ4n) is 0.492. The van der Waals surface area contributed by atoms with Gasteiger partial charge in [-0.2, -0.15) is 0 Å². The highest BCUT2D eigenvalue weighted by atomic mass is 16.1. The zero-order valence-corrected chi connectivity index (χ0v) is 6.76. The molecule has 0 unspecified atom stereocenters. The summed E-state index contributed by atoms with van der Waals surface area (Å²) in [4.78, 5) is 9.85. The van der Waals surface area contributed by atoms with Crippen molar-refractivity contribution in [2.24, 2.45) is 0 Å². The zero-order valence-electron chi connectivity index (χ0n) is 6.76. The quantitative estimate of drug-likeness (QED) is 0.467. The van der Waals surface area contributed by atoms with Gasteiger partial charge in [-0.15, -0.1) is 0 Å². The second-order valence-electron chi connectivity index (χ2n) is 2.34. The van der Waals surface area contributed by atoms with Crippen LogP contribution in [-0.2, 0) is 4.79 Å². The van der Waals surface area contributed by atoms with Crippen LogP contribution in [-0.4, -0.2) is 13.0 Å². The van der Waals surface area contributed by atoms with E-state index in [1.165, 1.54) is 0 Å². The molecule has 60 valence electrons. The van der Waals surface area contributed by atoms with E-state index in [9.17, 15) is 4.79 Å². The van der Waals surface area contributed by atoms with Crippen molar-refractivity contribution >= 4 is 6.41 Å². The molecule has 0 aliphatic heterocycles. The van der Waals surface area contributed by atoms with Gasteiger partial charge in [0.1, 0.15) is 0 Å². The van der Waals surface area contributed by atoms with E-state index < -0.39 is 0 Å². The fraction of sp³-hybridized carbons (Fsp3) is 0.222. The van der Waals surface area contributed by atoms with Crippen molar-refractivity contribution < 1.29 is 4.79 Å². The van der Waals surface area contributed by atoms with Gasteiger partial charge in [0.2, 0.25) is 6.41 Å². The van der Waals surface area contributed by atoms with Crippen molar-refractivity contribution in [1.82, 2.24) is 5.32 Å². The van der Waals surface area contributed by atoms with Crippen LogP contribution >= 0.6 is 0 Å². The Morgan fingerprint density at radius 1 is 1.45 bits per heavy atom. The number of rotatable bonds is 5. The molecule has 1 amide bonds. The van der Waals surface area contributed by atoms with E-state index in [0.717, 1.165) is 11.1 Å². The molecule has 0 heterocycles. The smallest absolute Gasteiger partial charge is 0.207 e. The molecule has 0 spiro atoms. The Kier molecular flexibility index (Phi) is 4.82. The van der Waals surface area contributed by atoms with Crippen LogP contribution in [0.15, 0.2) is 36.5 Å². The molecular formula is C9H13NO. The fourth-order valence-corrected chi connectivity index (χ4v) is 0.492. The molecule has 0 aromatic carbocycles. The molecule has 0 atom stereocenters. The minimum Gasteiger partial charge on any atom is -0.355 e. The van der Waals surface area contributed by atoms with Gasteiger partial charge in [-0.3, -0.25) is 4.79 Å². The first kappa shape index (κ1) is 9.69. The van der Waals surface area contributed by atoms with Gasteiger partial charge in [0.25, 0.3) is 0 Å². The lowest BCUT2D eigenvalue weighted by Gasteiger charge is -1.96. The zero-order chi connectivity index (χ0) is 8.69. The lowest BCUT2D eigenvalue weighted by molar-refractivity contribution is -0.109. The van der Waals surface area contributed by atoms with Crippen molar-refractivity contribution in [2.45, 2.75) is 6.92 Å². The Balaban J connectivity index is 3.68. The van der Waals surface area contributed by atoms with Crippen molar-refractivity contribution in [3.05, 3.63) is 36.5 Å². The SMILES string of the molecule is C=C(C)/C=C\C(=C)CNC=O. The first-order valence-electron chi connectivity index (χ1n) is 3.35. The summed E-state index contributed by atoms with van der Waals surface area (Å²) >= 11 is 0. The first-order chi connectivity index (χ1) is 5.16. The first-order valence-corrected chi connectivity index (χ1v) is 3.35. The third kappa shape index (κ3) is 6.58. The summed E-state index contributed by atoms with van der Waals surface area (Å²) in [6.45, 7) is 9.80. The van der Waals surface area contributed by atoms with Crippen LogP contribution in [0.2, 0.25) is 0 Å². The molecule has 0 radical (unpaired) electrons. The van der Waals surface area contributed by atoms with E-state index in [-0.39, 0.29) is 0 Å². The average molecular weight is 151 g/mol. The van der Waals surface area contributed by atoms with Crippen LogP contribution in [0.5, 0.6) is 0 Å². The number of amides is 1. The molecule has 0 aliphatic carbocycles. The molecule has 0 saturated carbocycles. The standard InChI is InChI=1S/C9H13NO/c1-8(2)4-5-9(3)6-10-7-11/h4-5,7H,1,3,6H2,2H3,(H,10,11)/b5-4-. The molecular weight excluding hydrogens is 138 g/mol. The molecule has 0 fully saturated rings. The van der Waals surface area contributed by atoms with Gasteiger partial charge in [0.05, 0.1) is 0 Å². The van der Waals surface area contributed by atoms with Crippen LogP contribution in [0, 0.1) is 0 Å². The molecule has 2 nitrogen and oxygen atoms in total. The van der Waals surface area contributed by atoms with Crippen molar-refractivity contribution in [2.75, 3.05) is 6.54 Å². The third-order valence-electron chi connectivity index (χ3n) is 1.02. The summed E-state index contributed by atoms with van der Waals surface area (Å²) in [7, 11) is 0. The Morgan fingerprint density at radius 3 is 2.55 bits per heavy atom. The second-order valence-corrected chi connectivity index (χ2v) is 2.34. The summed E-state index contributed by atoms with van der Waals surface area (Å²) < 4.78 is 0. The Labute approximate surface area is 67.3 Å². The maximum absolute atomic E-state index is 9.85. The van der Waals surface area contributed by atoms with Crippen LogP contribution in [0.25, 0.3) is 0 Å². The minimum absolute atomic E-state index is 0.493. The van der Waals surface area contributed by atoms with E-state index in [1.807, 2.05) is 19.1 Å². The van der Waals surface area contributed by atoms with Crippen molar-refractivity contribution in [1.29, 1.82) is 0 Å². The van der Waals surface area contributed by atoms with E-state index in [4.69, 9.17) is 0 Å². The largest absolute Gasteiger partial charge is 0.355 e. The summed E-state index contributed by atoms with van der Waals surface area (Å²) in [5, 5.41) is 2.51. The Bertz CT molecular complexity index is 192. The summed E-state index contributed by atoms with van der Waals surface area (Å²) in [5.74, 6) is 0. The highest BCUT2D eigenvalue weighted by molar-refractivity contribution is 5.47. The number of hydrogen-bond acceptors (Lipinski definition) is 1. The highest BCUT2D eigenvalue weighted by Gasteiger charge is 1.84. The van der Waals surface area contributed by atoms with Crippen LogP contribution in [0.1, 0.15) is 6.92 Å².